The minimum Gasteiger partial charge on any atom is -0.346 e. The molecule has 1 aromatic heterocycles. The molecule has 5 nitrogen and oxygen atoms in total. The maximum atomic E-state index is 12.5. The Hall–Kier alpha value is -1.83. The van der Waals surface area contributed by atoms with Gasteiger partial charge < -0.3 is 10.3 Å². The number of fused-ring (bicyclic) bond motifs is 1. The van der Waals surface area contributed by atoms with Crippen molar-refractivity contribution in [2.45, 2.75) is 30.8 Å². The van der Waals surface area contributed by atoms with Crippen LogP contribution in [-0.2, 0) is 16.6 Å². The molecule has 0 bridgehead atoms. The first-order chi connectivity index (χ1) is 11.6. The van der Waals surface area contributed by atoms with Crippen LogP contribution in [0.15, 0.2) is 64.1 Å². The summed E-state index contributed by atoms with van der Waals surface area (Å²) in [7, 11) is -3.63. The van der Waals surface area contributed by atoms with Crippen molar-refractivity contribution in [2.24, 2.45) is 5.73 Å². The first-order valence-corrected chi connectivity index (χ1v) is 10.1. The van der Waals surface area contributed by atoms with E-state index in [-0.39, 0.29) is 10.4 Å². The molecular formula is C18H20BrN3O2S. The minimum atomic E-state index is -3.63. The molecule has 0 radical (unpaired) electrons. The van der Waals surface area contributed by atoms with Gasteiger partial charge in [0, 0.05) is 39.3 Å². The SMILES string of the molecule is CC(C)(N)Cn1ccc2cc(NS(=O)(=O)c3cccc(Br)c3)ccc21. The van der Waals surface area contributed by atoms with Crippen molar-refractivity contribution in [2.75, 3.05) is 4.72 Å². The summed E-state index contributed by atoms with van der Waals surface area (Å²) < 4.78 is 30.5. The molecule has 3 N–H and O–H groups in total. The molecule has 2 aromatic carbocycles. The summed E-state index contributed by atoms with van der Waals surface area (Å²) in [6.07, 6.45) is 1.96. The third-order valence-electron chi connectivity index (χ3n) is 3.71. The standard InChI is InChI=1S/C18H20BrN3O2S/c1-18(2,20)12-22-9-8-13-10-15(6-7-17(13)22)21-25(23,24)16-5-3-4-14(19)11-16/h3-11,21H,12,20H2,1-2H3. The van der Waals surface area contributed by atoms with E-state index < -0.39 is 10.0 Å². The molecule has 0 aliphatic carbocycles. The number of hydrogen-bond acceptors (Lipinski definition) is 3. The maximum absolute atomic E-state index is 12.5. The Labute approximate surface area is 156 Å². The van der Waals surface area contributed by atoms with Crippen LogP contribution < -0.4 is 10.5 Å². The number of anilines is 1. The summed E-state index contributed by atoms with van der Waals surface area (Å²) in [4.78, 5) is 0.212. The average Bonchev–Trinajstić information content (AvgIpc) is 2.87. The van der Waals surface area contributed by atoms with Crippen LogP contribution in [0.5, 0.6) is 0 Å². The van der Waals surface area contributed by atoms with Gasteiger partial charge in [-0.25, -0.2) is 8.42 Å². The highest BCUT2D eigenvalue weighted by molar-refractivity contribution is 9.10. The van der Waals surface area contributed by atoms with Gasteiger partial charge in [-0.15, -0.1) is 0 Å². The van der Waals surface area contributed by atoms with E-state index in [1.807, 2.05) is 38.2 Å². The molecule has 1 heterocycles. The molecular weight excluding hydrogens is 402 g/mol. The van der Waals surface area contributed by atoms with Crippen LogP contribution in [0.25, 0.3) is 10.9 Å². The number of sulfonamides is 1. The minimum absolute atomic E-state index is 0.212. The second-order valence-corrected chi connectivity index (χ2v) is 9.37. The summed E-state index contributed by atoms with van der Waals surface area (Å²) in [5.74, 6) is 0. The van der Waals surface area contributed by atoms with Crippen molar-refractivity contribution in [1.82, 2.24) is 4.57 Å². The molecule has 3 rings (SSSR count). The zero-order chi connectivity index (χ0) is 18.2. The fourth-order valence-electron chi connectivity index (χ4n) is 2.69. The zero-order valence-electron chi connectivity index (χ0n) is 14.0. The molecule has 0 fully saturated rings. The van der Waals surface area contributed by atoms with Crippen LogP contribution in [0.3, 0.4) is 0 Å². The van der Waals surface area contributed by atoms with Crippen molar-refractivity contribution in [3.8, 4) is 0 Å². The first kappa shape index (κ1) is 18.0. The van der Waals surface area contributed by atoms with Crippen LogP contribution in [0.4, 0.5) is 5.69 Å². The van der Waals surface area contributed by atoms with E-state index in [2.05, 4.69) is 25.2 Å². The zero-order valence-corrected chi connectivity index (χ0v) is 16.4. The second-order valence-electron chi connectivity index (χ2n) is 6.77. The van der Waals surface area contributed by atoms with E-state index in [9.17, 15) is 8.42 Å². The maximum Gasteiger partial charge on any atom is 0.261 e. The Morgan fingerprint density at radius 2 is 1.92 bits per heavy atom. The van der Waals surface area contributed by atoms with Crippen molar-refractivity contribution in [3.05, 3.63) is 59.2 Å². The van der Waals surface area contributed by atoms with Gasteiger partial charge in [0.1, 0.15) is 0 Å². The number of nitrogens with two attached hydrogens (primary N) is 1. The molecule has 0 saturated heterocycles. The second kappa shape index (κ2) is 6.48. The Balaban J connectivity index is 1.90. The molecule has 7 heteroatoms. The Morgan fingerprint density at radius 3 is 2.60 bits per heavy atom. The number of hydrogen-bond donors (Lipinski definition) is 2. The molecule has 0 saturated carbocycles. The van der Waals surface area contributed by atoms with E-state index in [0.717, 1.165) is 10.9 Å². The van der Waals surface area contributed by atoms with Gasteiger partial charge in [0.15, 0.2) is 0 Å². The first-order valence-electron chi connectivity index (χ1n) is 7.80. The smallest absolute Gasteiger partial charge is 0.261 e. The van der Waals surface area contributed by atoms with E-state index >= 15 is 0 Å². The molecule has 0 unspecified atom stereocenters. The summed E-state index contributed by atoms with van der Waals surface area (Å²) in [5, 5.41) is 0.957. The van der Waals surface area contributed by atoms with Crippen LogP contribution in [-0.4, -0.2) is 18.5 Å². The fourth-order valence-corrected chi connectivity index (χ4v) is 4.33. The molecule has 132 valence electrons. The molecule has 25 heavy (non-hydrogen) atoms. The van der Waals surface area contributed by atoms with Crippen molar-refractivity contribution >= 4 is 42.5 Å². The van der Waals surface area contributed by atoms with Gasteiger partial charge >= 0.3 is 0 Å². The molecule has 3 aromatic rings. The summed E-state index contributed by atoms with van der Waals surface area (Å²) in [5.41, 5.74) is 7.31. The summed E-state index contributed by atoms with van der Waals surface area (Å²) in [6.45, 7) is 4.62. The predicted molar refractivity (Wildman–Crippen MR) is 105 cm³/mol. The predicted octanol–water partition coefficient (Wildman–Crippen LogP) is 3.94. The largest absolute Gasteiger partial charge is 0.346 e. The fraction of sp³-hybridized carbons (Fsp3) is 0.222. The lowest BCUT2D eigenvalue weighted by Crippen LogP contribution is -2.36. The third-order valence-corrected chi connectivity index (χ3v) is 5.58. The number of nitrogens with one attached hydrogen (secondary N) is 1. The molecule has 0 spiro atoms. The number of aromatic nitrogens is 1. The Morgan fingerprint density at radius 1 is 1.16 bits per heavy atom. The molecule has 0 aliphatic rings. The van der Waals surface area contributed by atoms with Crippen molar-refractivity contribution in [1.29, 1.82) is 0 Å². The van der Waals surface area contributed by atoms with Gasteiger partial charge in [0.25, 0.3) is 10.0 Å². The number of benzene rings is 2. The van der Waals surface area contributed by atoms with Gasteiger partial charge in [0.05, 0.1) is 4.90 Å². The summed E-state index contributed by atoms with van der Waals surface area (Å²) >= 11 is 3.29. The Bertz CT molecular complexity index is 1020. The van der Waals surface area contributed by atoms with Crippen LogP contribution in [0.1, 0.15) is 13.8 Å². The van der Waals surface area contributed by atoms with E-state index in [4.69, 9.17) is 5.73 Å². The summed E-state index contributed by atoms with van der Waals surface area (Å²) in [6, 6.07) is 14.1. The number of nitrogens with zero attached hydrogens (tertiary/aromatic N) is 1. The average molecular weight is 422 g/mol. The lowest BCUT2D eigenvalue weighted by molar-refractivity contribution is 0.441. The van der Waals surface area contributed by atoms with Gasteiger partial charge in [-0.2, -0.15) is 0 Å². The molecule has 0 amide bonds. The van der Waals surface area contributed by atoms with Crippen LogP contribution in [0.2, 0.25) is 0 Å². The lowest BCUT2D eigenvalue weighted by Gasteiger charge is -2.20. The highest BCUT2D eigenvalue weighted by atomic mass is 79.9. The van der Waals surface area contributed by atoms with E-state index in [1.165, 1.54) is 0 Å². The van der Waals surface area contributed by atoms with Crippen molar-refractivity contribution < 1.29 is 8.42 Å². The van der Waals surface area contributed by atoms with Gasteiger partial charge in [-0.3, -0.25) is 4.72 Å². The molecule has 0 aliphatic heterocycles. The van der Waals surface area contributed by atoms with Gasteiger partial charge in [0.2, 0.25) is 0 Å². The molecule has 0 atom stereocenters. The van der Waals surface area contributed by atoms with Crippen molar-refractivity contribution in [3.63, 3.8) is 0 Å². The van der Waals surface area contributed by atoms with Crippen LogP contribution >= 0.6 is 15.9 Å². The number of rotatable bonds is 5. The van der Waals surface area contributed by atoms with Gasteiger partial charge in [-0.1, -0.05) is 22.0 Å². The highest BCUT2D eigenvalue weighted by Gasteiger charge is 2.16. The van der Waals surface area contributed by atoms with E-state index in [1.54, 1.807) is 30.3 Å². The van der Waals surface area contributed by atoms with E-state index in [0.29, 0.717) is 16.7 Å². The topological polar surface area (TPSA) is 77.1 Å². The Kier molecular flexibility index (Phi) is 4.66. The lowest BCUT2D eigenvalue weighted by atomic mass is 10.1. The normalized spacial score (nSPS) is 12.5. The number of halogens is 1. The van der Waals surface area contributed by atoms with Crippen LogP contribution in [0, 0.1) is 0 Å². The van der Waals surface area contributed by atoms with Gasteiger partial charge in [-0.05, 0) is 56.3 Å². The highest BCUT2D eigenvalue weighted by Crippen LogP contribution is 2.24. The quantitative estimate of drug-likeness (QED) is 0.654. The monoisotopic (exact) mass is 421 g/mol. The third kappa shape index (κ3) is 4.23.